The molecule has 0 saturated carbocycles. The SMILES string of the molecule is CC(C)(C)c1ccccc1Oc1ncccc1N1c2c(Cl)cc(Cl)cc2SC1N. The molecule has 3 aromatic rings. The Balaban J connectivity index is 1.79. The monoisotopic (exact) mass is 445 g/mol. The zero-order valence-electron chi connectivity index (χ0n) is 16.3. The lowest BCUT2D eigenvalue weighted by molar-refractivity contribution is 0.440. The maximum Gasteiger partial charge on any atom is 0.243 e. The summed E-state index contributed by atoms with van der Waals surface area (Å²) in [7, 11) is 0. The largest absolute Gasteiger partial charge is 0.437 e. The summed E-state index contributed by atoms with van der Waals surface area (Å²) in [6.45, 7) is 6.46. The first-order chi connectivity index (χ1) is 13.8. The van der Waals surface area contributed by atoms with E-state index in [4.69, 9.17) is 33.7 Å². The van der Waals surface area contributed by atoms with Crippen molar-refractivity contribution in [2.75, 3.05) is 4.90 Å². The molecule has 0 fully saturated rings. The van der Waals surface area contributed by atoms with Gasteiger partial charge in [-0.2, -0.15) is 0 Å². The topological polar surface area (TPSA) is 51.4 Å². The van der Waals surface area contributed by atoms with Crippen molar-refractivity contribution in [1.82, 2.24) is 4.98 Å². The number of anilines is 2. The molecular weight excluding hydrogens is 425 g/mol. The van der Waals surface area contributed by atoms with Gasteiger partial charge in [0, 0.05) is 21.7 Å². The number of aromatic nitrogens is 1. The van der Waals surface area contributed by atoms with Gasteiger partial charge in [0.1, 0.15) is 16.9 Å². The van der Waals surface area contributed by atoms with E-state index in [1.165, 1.54) is 11.8 Å². The average Bonchev–Trinajstić information content (AvgIpc) is 2.97. The van der Waals surface area contributed by atoms with E-state index in [-0.39, 0.29) is 10.9 Å². The summed E-state index contributed by atoms with van der Waals surface area (Å²) in [5.41, 5.74) is 8.67. The van der Waals surface area contributed by atoms with E-state index in [1.807, 2.05) is 41.3 Å². The summed E-state index contributed by atoms with van der Waals surface area (Å²) < 4.78 is 6.32. The Hall–Kier alpha value is -1.92. The van der Waals surface area contributed by atoms with Gasteiger partial charge in [0.05, 0.1) is 10.7 Å². The van der Waals surface area contributed by atoms with Crippen LogP contribution in [0.2, 0.25) is 10.0 Å². The predicted molar refractivity (Wildman–Crippen MR) is 122 cm³/mol. The van der Waals surface area contributed by atoms with Gasteiger partial charge < -0.3 is 15.4 Å². The molecule has 1 atom stereocenters. The molecule has 2 aromatic carbocycles. The fourth-order valence-electron chi connectivity index (χ4n) is 3.36. The van der Waals surface area contributed by atoms with Crippen LogP contribution in [0, 0.1) is 0 Å². The molecule has 1 aliphatic rings. The van der Waals surface area contributed by atoms with Gasteiger partial charge >= 0.3 is 0 Å². The minimum absolute atomic E-state index is 0.0713. The number of halogens is 2. The van der Waals surface area contributed by atoms with Crippen molar-refractivity contribution in [3.63, 3.8) is 0 Å². The number of nitrogens with zero attached hydrogens (tertiary/aromatic N) is 2. The summed E-state index contributed by atoms with van der Waals surface area (Å²) in [5, 5.41) is 1.12. The zero-order valence-corrected chi connectivity index (χ0v) is 18.6. The molecule has 1 aliphatic heterocycles. The molecular formula is C22H21Cl2N3OS. The highest BCUT2D eigenvalue weighted by atomic mass is 35.5. The van der Waals surface area contributed by atoms with Gasteiger partial charge in [-0.25, -0.2) is 4.98 Å². The summed E-state index contributed by atoms with van der Waals surface area (Å²) in [6.07, 6.45) is 1.71. The van der Waals surface area contributed by atoms with Crippen LogP contribution in [0.15, 0.2) is 59.6 Å². The standard InChI is InChI=1S/C22H21Cl2N3OS/c1-22(2,3)14-7-4-5-9-17(14)28-20-16(8-6-10-26-20)27-19-15(24)11-13(23)12-18(19)29-21(27)25/h4-12,21H,25H2,1-3H3. The van der Waals surface area contributed by atoms with Crippen LogP contribution in [0.1, 0.15) is 26.3 Å². The molecule has 0 bridgehead atoms. The smallest absolute Gasteiger partial charge is 0.243 e. The van der Waals surface area contributed by atoms with Crippen molar-refractivity contribution < 1.29 is 4.74 Å². The van der Waals surface area contributed by atoms with E-state index >= 15 is 0 Å². The number of nitrogens with two attached hydrogens (primary N) is 1. The van der Waals surface area contributed by atoms with Crippen LogP contribution >= 0.6 is 35.0 Å². The Bertz CT molecular complexity index is 1070. The molecule has 150 valence electrons. The number of hydrogen-bond donors (Lipinski definition) is 1. The number of para-hydroxylation sites is 1. The zero-order chi connectivity index (χ0) is 20.8. The second-order valence-corrected chi connectivity index (χ2v) is 9.79. The highest BCUT2D eigenvalue weighted by Gasteiger charge is 2.33. The molecule has 4 rings (SSSR count). The Morgan fingerprint density at radius 1 is 1.10 bits per heavy atom. The number of benzene rings is 2. The Morgan fingerprint density at radius 3 is 2.62 bits per heavy atom. The van der Waals surface area contributed by atoms with E-state index in [9.17, 15) is 0 Å². The normalized spacial score (nSPS) is 16.1. The number of hydrogen-bond acceptors (Lipinski definition) is 5. The summed E-state index contributed by atoms with van der Waals surface area (Å²) in [4.78, 5) is 7.37. The van der Waals surface area contributed by atoms with E-state index in [0.717, 1.165) is 27.6 Å². The maximum atomic E-state index is 6.53. The van der Waals surface area contributed by atoms with E-state index in [0.29, 0.717) is 15.9 Å². The van der Waals surface area contributed by atoms with Crippen molar-refractivity contribution >= 4 is 46.3 Å². The van der Waals surface area contributed by atoms with Crippen molar-refractivity contribution in [1.29, 1.82) is 0 Å². The van der Waals surface area contributed by atoms with Crippen LogP contribution in [-0.2, 0) is 5.41 Å². The third kappa shape index (κ3) is 3.92. The summed E-state index contributed by atoms with van der Waals surface area (Å²) in [6, 6.07) is 15.4. The lowest BCUT2D eigenvalue weighted by Gasteiger charge is -2.27. The van der Waals surface area contributed by atoms with Gasteiger partial charge in [0.15, 0.2) is 0 Å². The fraction of sp³-hybridized carbons (Fsp3) is 0.227. The first-order valence-corrected chi connectivity index (χ1v) is 10.8. The lowest BCUT2D eigenvalue weighted by Crippen LogP contribution is -2.32. The predicted octanol–water partition coefficient (Wildman–Crippen LogP) is 6.96. The van der Waals surface area contributed by atoms with Crippen LogP contribution in [0.5, 0.6) is 11.6 Å². The third-order valence-electron chi connectivity index (χ3n) is 4.65. The van der Waals surface area contributed by atoms with E-state index in [2.05, 4.69) is 31.8 Å². The van der Waals surface area contributed by atoms with Crippen LogP contribution in [0.3, 0.4) is 0 Å². The van der Waals surface area contributed by atoms with Crippen molar-refractivity contribution in [3.05, 3.63) is 70.3 Å². The van der Waals surface area contributed by atoms with Gasteiger partial charge in [0.2, 0.25) is 5.88 Å². The minimum Gasteiger partial charge on any atom is -0.437 e. The Labute approximate surface area is 185 Å². The molecule has 1 aromatic heterocycles. The molecule has 0 saturated heterocycles. The van der Waals surface area contributed by atoms with E-state index in [1.54, 1.807) is 12.3 Å². The van der Waals surface area contributed by atoms with Crippen molar-refractivity contribution in [2.45, 2.75) is 36.6 Å². The van der Waals surface area contributed by atoms with Crippen molar-refractivity contribution in [2.24, 2.45) is 5.73 Å². The van der Waals surface area contributed by atoms with Crippen molar-refractivity contribution in [3.8, 4) is 11.6 Å². The number of thioether (sulfide) groups is 1. The van der Waals surface area contributed by atoms with Crippen LogP contribution < -0.4 is 15.4 Å². The van der Waals surface area contributed by atoms with Crippen LogP contribution in [0.4, 0.5) is 11.4 Å². The second kappa shape index (κ2) is 7.73. The number of rotatable bonds is 3. The third-order valence-corrected chi connectivity index (χ3v) is 6.17. The van der Waals surface area contributed by atoms with Gasteiger partial charge in [-0.15, -0.1) is 0 Å². The molecule has 7 heteroatoms. The van der Waals surface area contributed by atoms with Crippen LogP contribution in [-0.4, -0.2) is 10.5 Å². The highest BCUT2D eigenvalue weighted by Crippen LogP contribution is 2.52. The van der Waals surface area contributed by atoms with Gasteiger partial charge in [-0.1, -0.05) is 73.9 Å². The van der Waals surface area contributed by atoms with E-state index < -0.39 is 0 Å². The molecule has 1 unspecified atom stereocenters. The molecule has 2 N–H and O–H groups in total. The Morgan fingerprint density at radius 2 is 1.86 bits per heavy atom. The Kier molecular flexibility index (Phi) is 5.42. The van der Waals surface area contributed by atoms with Gasteiger partial charge in [-0.05, 0) is 35.7 Å². The minimum atomic E-state index is -0.370. The van der Waals surface area contributed by atoms with Crippen LogP contribution in [0.25, 0.3) is 0 Å². The fourth-order valence-corrected chi connectivity index (χ4v) is 5.16. The number of pyridine rings is 1. The molecule has 2 heterocycles. The first kappa shape index (κ1) is 20.4. The summed E-state index contributed by atoms with van der Waals surface area (Å²) >= 11 is 14.2. The maximum absolute atomic E-state index is 6.53. The highest BCUT2D eigenvalue weighted by molar-refractivity contribution is 8.00. The van der Waals surface area contributed by atoms with Gasteiger partial charge in [0.25, 0.3) is 0 Å². The number of fused-ring (bicyclic) bond motifs is 1. The lowest BCUT2D eigenvalue weighted by atomic mass is 9.86. The molecule has 0 spiro atoms. The molecule has 0 aliphatic carbocycles. The summed E-state index contributed by atoms with van der Waals surface area (Å²) in [5.74, 6) is 1.24. The second-order valence-electron chi connectivity index (χ2n) is 7.79. The quantitative estimate of drug-likeness (QED) is 0.471. The van der Waals surface area contributed by atoms with Gasteiger partial charge in [-0.3, -0.25) is 0 Å². The molecule has 0 radical (unpaired) electrons. The molecule has 29 heavy (non-hydrogen) atoms. The first-order valence-electron chi connectivity index (χ1n) is 9.18. The molecule has 4 nitrogen and oxygen atoms in total. The average molecular weight is 446 g/mol. The number of ether oxygens (including phenoxy) is 1. The molecule has 0 amide bonds.